The third-order valence-electron chi connectivity index (χ3n) is 2.62. The predicted octanol–water partition coefficient (Wildman–Crippen LogP) is 3.19. The molecule has 0 aliphatic carbocycles. The minimum Gasteiger partial charge on any atom is -0.351 e. The number of hydrogen-bond donors (Lipinski definition) is 2. The summed E-state index contributed by atoms with van der Waals surface area (Å²) in [5.74, 6) is -0.166. The van der Waals surface area contributed by atoms with E-state index in [0.717, 1.165) is 15.8 Å². The Morgan fingerprint density at radius 3 is 2.94 bits per heavy atom. The summed E-state index contributed by atoms with van der Waals surface area (Å²) < 4.78 is 0. The third kappa shape index (κ3) is 2.00. The van der Waals surface area contributed by atoms with Crippen LogP contribution in [0.15, 0.2) is 36.5 Å². The van der Waals surface area contributed by atoms with Crippen molar-refractivity contribution in [2.45, 2.75) is 6.92 Å². The zero-order valence-electron chi connectivity index (χ0n) is 9.73. The number of aryl methyl sites for hydroxylation is 1. The molecule has 0 fully saturated rings. The number of para-hydroxylation sites is 1. The fraction of sp³-hybridized carbons (Fsp3) is 0.0769. The number of rotatable bonds is 2. The molecule has 0 spiro atoms. The van der Waals surface area contributed by atoms with Crippen molar-refractivity contribution in [3.8, 4) is 0 Å². The average molecular weight is 257 g/mol. The quantitative estimate of drug-likeness (QED) is 0.740. The van der Waals surface area contributed by atoms with Crippen molar-refractivity contribution >= 4 is 33.3 Å². The zero-order valence-corrected chi connectivity index (χ0v) is 10.5. The van der Waals surface area contributed by atoms with Gasteiger partial charge < -0.3 is 4.98 Å². The summed E-state index contributed by atoms with van der Waals surface area (Å²) in [6.07, 6.45) is 1.74. The van der Waals surface area contributed by atoms with Gasteiger partial charge in [0.2, 0.25) is 0 Å². The van der Waals surface area contributed by atoms with E-state index in [-0.39, 0.29) is 5.91 Å². The van der Waals surface area contributed by atoms with Crippen LogP contribution in [0.1, 0.15) is 15.4 Å². The van der Waals surface area contributed by atoms with Crippen molar-refractivity contribution in [2.24, 2.45) is 0 Å². The van der Waals surface area contributed by atoms with E-state index in [4.69, 9.17) is 0 Å². The molecule has 0 aliphatic rings. The average Bonchev–Trinajstić information content (AvgIpc) is 2.95. The number of anilines is 1. The van der Waals surface area contributed by atoms with Crippen LogP contribution >= 0.6 is 11.3 Å². The number of aromatic nitrogens is 2. The number of benzene rings is 1. The molecule has 0 unspecified atom stereocenters. The molecule has 5 heteroatoms. The van der Waals surface area contributed by atoms with E-state index in [9.17, 15) is 4.79 Å². The Bertz CT molecular complexity index is 681. The topological polar surface area (TPSA) is 57.8 Å². The molecule has 0 saturated carbocycles. The summed E-state index contributed by atoms with van der Waals surface area (Å²) in [6.45, 7) is 1.95. The number of carbonyl (C=O) groups excluding carboxylic acids is 1. The summed E-state index contributed by atoms with van der Waals surface area (Å²) in [7, 11) is 0. The monoisotopic (exact) mass is 257 g/mol. The van der Waals surface area contributed by atoms with Gasteiger partial charge in [-0.3, -0.25) is 10.1 Å². The van der Waals surface area contributed by atoms with Gasteiger partial charge in [0.05, 0.1) is 0 Å². The molecule has 18 heavy (non-hydrogen) atoms. The second-order valence-corrected chi connectivity index (χ2v) is 5.24. The molecule has 2 heterocycles. The van der Waals surface area contributed by atoms with E-state index in [0.29, 0.717) is 10.8 Å². The Morgan fingerprint density at radius 2 is 2.22 bits per heavy atom. The lowest BCUT2D eigenvalue weighted by atomic mass is 10.2. The minimum atomic E-state index is -0.166. The number of H-pyrrole nitrogens is 1. The number of thiazole rings is 1. The van der Waals surface area contributed by atoms with Crippen molar-refractivity contribution in [3.05, 3.63) is 47.1 Å². The van der Waals surface area contributed by atoms with Gasteiger partial charge in [-0.15, -0.1) is 11.3 Å². The van der Waals surface area contributed by atoms with Crippen LogP contribution in [-0.4, -0.2) is 15.9 Å². The van der Waals surface area contributed by atoms with E-state index < -0.39 is 0 Å². The van der Waals surface area contributed by atoms with Gasteiger partial charge in [-0.05, 0) is 19.1 Å². The summed E-state index contributed by atoms with van der Waals surface area (Å²) in [5, 5.41) is 4.42. The van der Waals surface area contributed by atoms with Gasteiger partial charge >= 0.3 is 0 Å². The smallest absolute Gasteiger partial charge is 0.273 e. The lowest BCUT2D eigenvalue weighted by Gasteiger charge is -1.97. The number of aromatic amines is 1. The van der Waals surface area contributed by atoms with Crippen molar-refractivity contribution < 1.29 is 4.79 Å². The first-order valence-corrected chi connectivity index (χ1v) is 6.35. The van der Waals surface area contributed by atoms with Crippen LogP contribution in [-0.2, 0) is 0 Å². The first-order chi connectivity index (χ1) is 8.72. The van der Waals surface area contributed by atoms with Crippen molar-refractivity contribution in [1.29, 1.82) is 0 Å². The number of fused-ring (bicyclic) bond motifs is 1. The highest BCUT2D eigenvalue weighted by Crippen LogP contribution is 2.19. The molecule has 3 aromatic rings. The number of amides is 1. The molecule has 0 aliphatic heterocycles. The number of carbonyl (C=O) groups is 1. The van der Waals surface area contributed by atoms with Gasteiger partial charge in [-0.1, -0.05) is 18.2 Å². The van der Waals surface area contributed by atoms with E-state index in [1.54, 1.807) is 6.20 Å². The van der Waals surface area contributed by atoms with Gasteiger partial charge in [0, 0.05) is 22.0 Å². The van der Waals surface area contributed by atoms with Crippen LogP contribution in [0.5, 0.6) is 0 Å². The maximum Gasteiger partial charge on any atom is 0.273 e. The van der Waals surface area contributed by atoms with Gasteiger partial charge in [0.1, 0.15) is 5.69 Å². The molecule has 0 radical (unpaired) electrons. The zero-order chi connectivity index (χ0) is 12.5. The van der Waals surface area contributed by atoms with Gasteiger partial charge in [-0.2, -0.15) is 0 Å². The van der Waals surface area contributed by atoms with Crippen LogP contribution in [0.25, 0.3) is 10.9 Å². The molecule has 4 nitrogen and oxygen atoms in total. The molecule has 0 bridgehead atoms. The van der Waals surface area contributed by atoms with Gasteiger partial charge in [-0.25, -0.2) is 4.98 Å². The molecule has 0 saturated heterocycles. The fourth-order valence-electron chi connectivity index (χ4n) is 1.77. The van der Waals surface area contributed by atoms with Crippen molar-refractivity contribution in [2.75, 3.05) is 5.32 Å². The summed E-state index contributed by atoms with van der Waals surface area (Å²) >= 11 is 1.46. The van der Waals surface area contributed by atoms with Crippen molar-refractivity contribution in [1.82, 2.24) is 9.97 Å². The molecule has 3 rings (SSSR count). The molecular weight excluding hydrogens is 246 g/mol. The van der Waals surface area contributed by atoms with Gasteiger partial charge in [0.25, 0.3) is 5.91 Å². The van der Waals surface area contributed by atoms with E-state index in [2.05, 4.69) is 15.3 Å². The molecule has 0 atom stereocenters. The molecular formula is C13H11N3OS. The second kappa shape index (κ2) is 4.27. The Kier molecular flexibility index (Phi) is 2.60. The lowest BCUT2D eigenvalue weighted by molar-refractivity contribution is 0.102. The lowest BCUT2D eigenvalue weighted by Crippen LogP contribution is -2.11. The van der Waals surface area contributed by atoms with Crippen molar-refractivity contribution in [3.63, 3.8) is 0 Å². The molecule has 90 valence electrons. The number of nitrogens with zero attached hydrogens (tertiary/aromatic N) is 1. The Labute approximate surface area is 108 Å². The summed E-state index contributed by atoms with van der Waals surface area (Å²) in [5.41, 5.74) is 1.50. The van der Waals surface area contributed by atoms with Crippen LogP contribution in [0.4, 0.5) is 5.13 Å². The Hall–Kier alpha value is -2.14. The van der Waals surface area contributed by atoms with E-state index in [1.807, 2.05) is 37.3 Å². The highest BCUT2D eigenvalue weighted by Gasteiger charge is 2.10. The highest BCUT2D eigenvalue weighted by molar-refractivity contribution is 7.15. The Balaban J connectivity index is 1.87. The molecule has 2 aromatic heterocycles. The van der Waals surface area contributed by atoms with E-state index in [1.165, 1.54) is 11.3 Å². The molecule has 2 N–H and O–H groups in total. The first kappa shape index (κ1) is 11.0. The summed E-state index contributed by atoms with van der Waals surface area (Å²) in [4.78, 5) is 20.3. The first-order valence-electron chi connectivity index (χ1n) is 5.54. The fourth-order valence-corrected chi connectivity index (χ4v) is 2.43. The standard InChI is InChI=1S/C13H11N3OS/c1-8-7-14-13(18-8)16-12(17)11-6-9-4-2-3-5-10(9)15-11/h2-7,15H,1H3,(H,14,16,17). The summed E-state index contributed by atoms with van der Waals surface area (Å²) in [6, 6.07) is 9.63. The van der Waals surface area contributed by atoms with Crippen LogP contribution < -0.4 is 5.32 Å². The Morgan fingerprint density at radius 1 is 1.39 bits per heavy atom. The minimum absolute atomic E-state index is 0.166. The van der Waals surface area contributed by atoms with Gasteiger partial charge in [0.15, 0.2) is 5.13 Å². The largest absolute Gasteiger partial charge is 0.351 e. The van der Waals surface area contributed by atoms with Crippen LogP contribution in [0.3, 0.4) is 0 Å². The number of nitrogens with one attached hydrogen (secondary N) is 2. The highest BCUT2D eigenvalue weighted by atomic mass is 32.1. The second-order valence-electron chi connectivity index (χ2n) is 4.00. The number of hydrogen-bond acceptors (Lipinski definition) is 3. The molecule has 1 amide bonds. The normalized spacial score (nSPS) is 10.7. The SMILES string of the molecule is Cc1cnc(NC(=O)c2cc3ccccc3[nH]2)s1. The maximum absolute atomic E-state index is 12.0. The van der Waals surface area contributed by atoms with E-state index >= 15 is 0 Å². The van der Waals surface area contributed by atoms with Crippen LogP contribution in [0.2, 0.25) is 0 Å². The maximum atomic E-state index is 12.0. The van der Waals surface area contributed by atoms with Crippen LogP contribution in [0, 0.1) is 6.92 Å². The molecule has 1 aromatic carbocycles. The predicted molar refractivity (Wildman–Crippen MR) is 73.1 cm³/mol. The third-order valence-corrected chi connectivity index (χ3v) is 3.44.